The maximum atomic E-state index is 11.7. The number of hydrogen-bond acceptors (Lipinski definition) is 4. The Balaban J connectivity index is 1.42. The van der Waals surface area contributed by atoms with Crippen molar-refractivity contribution in [1.29, 1.82) is 0 Å². The molecule has 1 N–H and O–H groups in total. The molecule has 162 valence electrons. The highest BCUT2D eigenvalue weighted by Gasteiger charge is 2.16. The zero-order chi connectivity index (χ0) is 22.1. The molecule has 0 atom stereocenters. The molecule has 0 saturated carbocycles. The van der Waals surface area contributed by atoms with Crippen LogP contribution in [0.4, 0.5) is 0 Å². The Hall–Kier alpha value is -3.51. The molecule has 5 rings (SSSR count). The number of aryl methyl sites for hydroxylation is 1. The van der Waals surface area contributed by atoms with Gasteiger partial charge in [-0.2, -0.15) is 15.0 Å². The van der Waals surface area contributed by atoms with Crippen molar-refractivity contribution in [1.82, 2.24) is 19.9 Å². The molecule has 0 bridgehead atoms. The lowest BCUT2D eigenvalue weighted by molar-refractivity contribution is 0.0699. The topological polar surface area (TPSA) is 71.2 Å². The van der Waals surface area contributed by atoms with Crippen LogP contribution in [0, 0.1) is 0 Å². The van der Waals surface area contributed by atoms with Crippen LogP contribution in [0.15, 0.2) is 60.7 Å². The van der Waals surface area contributed by atoms with E-state index in [0.29, 0.717) is 11.0 Å². The summed E-state index contributed by atoms with van der Waals surface area (Å²) in [6, 6.07) is 20.6. The second kappa shape index (κ2) is 8.55. The number of aromatic carboxylic acids is 1. The van der Waals surface area contributed by atoms with Crippen molar-refractivity contribution in [3.8, 4) is 22.3 Å². The van der Waals surface area contributed by atoms with Gasteiger partial charge in [-0.1, -0.05) is 48.9 Å². The van der Waals surface area contributed by atoms with Gasteiger partial charge in [0.1, 0.15) is 11.0 Å². The number of hydrogen-bond donors (Lipinski definition) is 1. The van der Waals surface area contributed by atoms with Crippen LogP contribution in [0.1, 0.15) is 35.2 Å². The highest BCUT2D eigenvalue weighted by molar-refractivity contribution is 6.02. The van der Waals surface area contributed by atoms with Crippen LogP contribution >= 0.6 is 0 Å². The first-order valence-electron chi connectivity index (χ1n) is 11.1. The average molecular weight is 427 g/mol. The maximum Gasteiger partial charge on any atom is 0.338 e. The molecule has 2 heterocycles. The van der Waals surface area contributed by atoms with Crippen LogP contribution in [-0.4, -0.2) is 44.1 Å². The Morgan fingerprint density at radius 2 is 1.59 bits per heavy atom. The molecule has 4 aromatic rings. The van der Waals surface area contributed by atoms with E-state index in [4.69, 9.17) is 0 Å². The monoisotopic (exact) mass is 426 g/mol. The lowest BCUT2D eigenvalue weighted by Crippen LogP contribution is -2.29. The zero-order valence-corrected chi connectivity index (χ0v) is 18.2. The van der Waals surface area contributed by atoms with Crippen LogP contribution in [0.5, 0.6) is 0 Å². The molecule has 1 saturated heterocycles. The molecule has 32 heavy (non-hydrogen) atoms. The summed E-state index contributed by atoms with van der Waals surface area (Å²) in [6.07, 6.45) is 3.94. The van der Waals surface area contributed by atoms with Gasteiger partial charge in [0.2, 0.25) is 0 Å². The minimum absolute atomic E-state index is 0.167. The number of carboxylic acid groups (broad SMARTS) is 1. The highest BCUT2D eigenvalue weighted by atomic mass is 16.4. The molecular formula is C26H26N4O2. The third kappa shape index (κ3) is 4.14. The predicted octanol–water partition coefficient (Wildman–Crippen LogP) is 4.99. The van der Waals surface area contributed by atoms with Gasteiger partial charge in [-0.25, -0.2) is 4.79 Å². The lowest BCUT2D eigenvalue weighted by atomic mass is 9.97. The number of benzene rings is 3. The molecule has 6 nitrogen and oxygen atoms in total. The molecule has 1 aliphatic rings. The van der Waals surface area contributed by atoms with Gasteiger partial charge < -0.3 is 5.11 Å². The number of aromatic nitrogens is 3. The van der Waals surface area contributed by atoms with Gasteiger partial charge in [0, 0.05) is 13.6 Å². The number of likely N-dealkylation sites (tertiary alicyclic amines) is 1. The standard InChI is InChI=1S/C26H26N4O2/c1-29-27-24-16-22(15-23(26(31)32)25(24)28-29)20-10-8-19(9-11-20)21-7-5-6-18(14-21)17-30-12-3-2-4-13-30/h5-11,14-16H,2-4,12-13,17H2,1H3,(H,31,32). The van der Waals surface area contributed by atoms with Crippen LogP contribution in [0.2, 0.25) is 0 Å². The van der Waals surface area contributed by atoms with Gasteiger partial charge in [0.15, 0.2) is 0 Å². The van der Waals surface area contributed by atoms with Crippen molar-refractivity contribution in [3.63, 3.8) is 0 Å². The molecule has 6 heteroatoms. The summed E-state index contributed by atoms with van der Waals surface area (Å²) in [5.41, 5.74) is 6.61. The molecule has 1 aliphatic heterocycles. The smallest absolute Gasteiger partial charge is 0.338 e. The fraction of sp³-hybridized carbons (Fsp3) is 0.269. The third-order valence-corrected chi connectivity index (χ3v) is 6.15. The third-order valence-electron chi connectivity index (χ3n) is 6.15. The highest BCUT2D eigenvalue weighted by Crippen LogP contribution is 2.29. The summed E-state index contributed by atoms with van der Waals surface area (Å²) in [5, 5.41) is 18.1. The van der Waals surface area contributed by atoms with E-state index in [0.717, 1.165) is 23.2 Å². The largest absolute Gasteiger partial charge is 0.478 e. The number of fused-ring (bicyclic) bond motifs is 1. The zero-order valence-electron chi connectivity index (χ0n) is 18.2. The minimum Gasteiger partial charge on any atom is -0.478 e. The van der Waals surface area contributed by atoms with E-state index in [1.165, 1.54) is 48.3 Å². The van der Waals surface area contributed by atoms with E-state index < -0.39 is 5.97 Å². The van der Waals surface area contributed by atoms with Crippen molar-refractivity contribution in [3.05, 3.63) is 71.8 Å². The van der Waals surface area contributed by atoms with Crippen molar-refractivity contribution in [2.24, 2.45) is 7.05 Å². The van der Waals surface area contributed by atoms with Gasteiger partial charge in [-0.15, -0.1) is 0 Å². The molecule has 0 aliphatic carbocycles. The first-order chi connectivity index (χ1) is 15.6. The Bertz CT molecular complexity index is 1270. The number of carbonyl (C=O) groups is 1. The number of carboxylic acids is 1. The molecule has 1 fully saturated rings. The second-order valence-corrected chi connectivity index (χ2v) is 8.50. The Kier molecular flexibility index (Phi) is 5.45. The summed E-state index contributed by atoms with van der Waals surface area (Å²) < 4.78 is 0. The summed E-state index contributed by atoms with van der Waals surface area (Å²) in [7, 11) is 1.69. The quantitative estimate of drug-likeness (QED) is 0.487. The van der Waals surface area contributed by atoms with E-state index in [1.807, 2.05) is 18.2 Å². The summed E-state index contributed by atoms with van der Waals surface area (Å²) in [4.78, 5) is 15.7. The SMILES string of the molecule is Cn1nc2cc(-c3ccc(-c4cccc(CN5CCCCC5)c4)cc3)cc(C(=O)O)c2n1. The van der Waals surface area contributed by atoms with Crippen LogP contribution < -0.4 is 0 Å². The number of nitrogens with zero attached hydrogens (tertiary/aromatic N) is 4. The molecule has 0 spiro atoms. The van der Waals surface area contributed by atoms with Crippen molar-refractivity contribution < 1.29 is 9.90 Å². The number of rotatable bonds is 5. The minimum atomic E-state index is -1.00. The van der Waals surface area contributed by atoms with E-state index >= 15 is 0 Å². The average Bonchev–Trinajstić information content (AvgIpc) is 3.19. The molecular weight excluding hydrogens is 400 g/mol. The van der Waals surface area contributed by atoms with Crippen molar-refractivity contribution >= 4 is 17.0 Å². The Labute approximate surface area is 187 Å². The Morgan fingerprint density at radius 3 is 2.31 bits per heavy atom. The Morgan fingerprint density at radius 1 is 0.875 bits per heavy atom. The fourth-order valence-electron chi connectivity index (χ4n) is 4.53. The molecule has 3 aromatic carbocycles. The normalized spacial score (nSPS) is 14.7. The van der Waals surface area contributed by atoms with Crippen LogP contribution in [0.25, 0.3) is 33.3 Å². The molecule has 1 aromatic heterocycles. The van der Waals surface area contributed by atoms with Crippen LogP contribution in [-0.2, 0) is 13.6 Å². The summed E-state index contributed by atoms with van der Waals surface area (Å²) in [6.45, 7) is 3.38. The second-order valence-electron chi connectivity index (χ2n) is 8.50. The van der Waals surface area contributed by atoms with Crippen molar-refractivity contribution in [2.75, 3.05) is 13.1 Å². The first kappa shape index (κ1) is 20.4. The van der Waals surface area contributed by atoms with Gasteiger partial charge >= 0.3 is 5.97 Å². The van der Waals surface area contributed by atoms with E-state index in [2.05, 4.69) is 51.5 Å². The van der Waals surface area contributed by atoms with Gasteiger partial charge in [0.05, 0.1) is 5.56 Å². The van der Waals surface area contributed by atoms with E-state index in [-0.39, 0.29) is 5.56 Å². The van der Waals surface area contributed by atoms with Crippen LogP contribution in [0.3, 0.4) is 0 Å². The first-order valence-corrected chi connectivity index (χ1v) is 11.1. The maximum absolute atomic E-state index is 11.7. The van der Waals surface area contributed by atoms with Gasteiger partial charge in [0.25, 0.3) is 0 Å². The van der Waals surface area contributed by atoms with Gasteiger partial charge in [-0.05, 0) is 71.9 Å². The summed E-state index contributed by atoms with van der Waals surface area (Å²) >= 11 is 0. The summed E-state index contributed by atoms with van der Waals surface area (Å²) in [5.74, 6) is -1.00. The fourth-order valence-corrected chi connectivity index (χ4v) is 4.53. The van der Waals surface area contributed by atoms with E-state index in [1.54, 1.807) is 13.1 Å². The molecule has 0 unspecified atom stereocenters. The van der Waals surface area contributed by atoms with E-state index in [9.17, 15) is 9.90 Å². The lowest BCUT2D eigenvalue weighted by Gasteiger charge is -2.26. The van der Waals surface area contributed by atoms with Crippen molar-refractivity contribution in [2.45, 2.75) is 25.8 Å². The predicted molar refractivity (Wildman–Crippen MR) is 125 cm³/mol. The molecule has 0 radical (unpaired) electrons. The molecule has 0 amide bonds. The van der Waals surface area contributed by atoms with Gasteiger partial charge in [-0.3, -0.25) is 4.90 Å². The number of piperidine rings is 1.